The van der Waals surface area contributed by atoms with Crippen molar-refractivity contribution in [2.24, 2.45) is 11.7 Å². The van der Waals surface area contributed by atoms with E-state index in [0.717, 1.165) is 0 Å². The fourth-order valence-corrected chi connectivity index (χ4v) is 9.64. The van der Waals surface area contributed by atoms with Gasteiger partial charge < -0.3 is 64.6 Å². The lowest BCUT2D eigenvalue weighted by Crippen LogP contribution is -2.70. The Hall–Kier alpha value is -5.34. The summed E-state index contributed by atoms with van der Waals surface area (Å²) in [5.41, 5.74) is 5.14. The number of hydrogen-bond acceptors (Lipinski definition) is 18. The molecule has 11 N–H and O–H groups in total. The quantitative estimate of drug-likeness (QED) is 0.0689. The van der Waals surface area contributed by atoms with E-state index in [9.17, 15) is 49.8 Å². The Labute approximate surface area is 366 Å². The number of nitrogens with two attached hydrogens (primary N) is 1. The summed E-state index contributed by atoms with van der Waals surface area (Å²) in [5.74, 6) is 1.60. The van der Waals surface area contributed by atoms with Crippen molar-refractivity contribution in [2.75, 3.05) is 31.4 Å². The largest absolute Gasteiger partial charge is 0.486 e. The van der Waals surface area contributed by atoms with Crippen molar-refractivity contribution in [3.05, 3.63) is 87.5 Å². The highest BCUT2D eigenvalue weighted by molar-refractivity contribution is 6.29. The van der Waals surface area contributed by atoms with Crippen LogP contribution in [0, 0.1) is 17.8 Å². The highest BCUT2D eigenvalue weighted by Crippen LogP contribution is 2.52. The number of ether oxygens (including phenoxy) is 4. The molecule has 1 aliphatic carbocycles. The smallest absolute Gasteiger partial charge is 0.242 e. The molecule has 0 saturated carbocycles. The Morgan fingerprint density at radius 1 is 1.02 bits per heavy atom. The summed E-state index contributed by atoms with van der Waals surface area (Å²) in [4.78, 5) is 56.2. The maximum absolute atomic E-state index is 14.8. The molecule has 1 amide bonds. The van der Waals surface area contributed by atoms with E-state index in [-0.39, 0.29) is 90.8 Å². The number of carbonyl (C=O) groups is 4. The van der Waals surface area contributed by atoms with E-state index in [2.05, 4.69) is 27.8 Å². The van der Waals surface area contributed by atoms with Gasteiger partial charge in [0.25, 0.3) is 0 Å². The van der Waals surface area contributed by atoms with Gasteiger partial charge >= 0.3 is 0 Å². The molecule has 19 heteroatoms. The van der Waals surface area contributed by atoms with Crippen LogP contribution >= 0.6 is 0 Å². The fraction of sp³-hybridized carbons (Fsp3) is 0.467. The van der Waals surface area contributed by atoms with Crippen molar-refractivity contribution >= 4 is 29.4 Å². The van der Waals surface area contributed by atoms with Gasteiger partial charge in [0.2, 0.25) is 12.2 Å². The Morgan fingerprint density at radius 3 is 2.62 bits per heavy atom. The third kappa shape index (κ3) is 7.63. The number of aliphatic hydroxyl groups is 6. The van der Waals surface area contributed by atoms with E-state index in [1.54, 1.807) is 6.07 Å². The number of para-hydroxylation sites is 1. The number of nitrogens with one attached hydrogen (secondary N) is 3. The molecule has 3 saturated heterocycles. The number of carbonyl (C=O) groups excluding carboxylic acids is 4. The van der Waals surface area contributed by atoms with E-state index in [4.69, 9.17) is 24.7 Å². The molecule has 0 radical (unpaired) electrons. The first kappa shape index (κ1) is 43.9. The average molecular weight is 884 g/mol. The van der Waals surface area contributed by atoms with Crippen LogP contribution in [0.2, 0.25) is 0 Å². The minimum absolute atomic E-state index is 0.0426. The summed E-state index contributed by atoms with van der Waals surface area (Å²) in [6.07, 6.45) is -10.8. The highest BCUT2D eigenvalue weighted by atomic mass is 16.7. The number of rotatable bonds is 8. The number of aldehydes is 1. The summed E-state index contributed by atoms with van der Waals surface area (Å²) in [6, 6.07) is 12.4. The lowest BCUT2D eigenvalue weighted by atomic mass is 9.74. The van der Waals surface area contributed by atoms with Gasteiger partial charge in [-0.3, -0.25) is 30.8 Å². The Morgan fingerprint density at radius 2 is 1.83 bits per heavy atom. The molecule has 19 nitrogen and oxygen atoms in total. The molecule has 0 spiro atoms. The lowest BCUT2D eigenvalue weighted by Gasteiger charge is -2.45. The predicted octanol–water partition coefficient (Wildman–Crippen LogP) is -1.81. The average Bonchev–Trinajstić information content (AvgIpc) is 3.70. The number of hydrogen-bond donors (Lipinski definition) is 10. The van der Waals surface area contributed by atoms with Gasteiger partial charge in [-0.15, -0.1) is 0 Å². The standard InChI is InChI=1S/C45H49N5O14/c46-44-48-41-34(42(59)49-44)47-20-50(41)30-6-2-1-5-26(30)32-22-8-9-23(53)4-3-12-45(60)31(19-61-17-22)63-43(37(57)40(45)58)64-38-29(32)15-28-33(39(38)62-18-24(54)11-13-51)36(56)27-14-21(16-52)7-10-25(27)35(28)55/h1-2,5-7,10,13-15,22-24,31-32,34,37,40-41,43-44,47-48,52-54,57-58,60H,4,8-9,11,16-20,46H2,(H,49,59). The van der Waals surface area contributed by atoms with Gasteiger partial charge in [0.15, 0.2) is 28.7 Å². The van der Waals surface area contributed by atoms with Gasteiger partial charge in [0, 0.05) is 46.7 Å². The summed E-state index contributed by atoms with van der Waals surface area (Å²) >= 11 is 0. The second kappa shape index (κ2) is 17.6. The Kier molecular flexibility index (Phi) is 12.0. The van der Waals surface area contributed by atoms with Gasteiger partial charge in [-0.25, -0.2) is 0 Å². The van der Waals surface area contributed by atoms with E-state index in [1.807, 2.05) is 23.1 Å². The Bertz CT molecular complexity index is 2420. The first-order valence-electron chi connectivity index (χ1n) is 21.2. The van der Waals surface area contributed by atoms with Gasteiger partial charge in [0.05, 0.1) is 44.3 Å². The van der Waals surface area contributed by atoms with Crippen LogP contribution in [0.4, 0.5) is 5.69 Å². The second-order valence-electron chi connectivity index (χ2n) is 17.0. The molecular formula is C45H49N5O14. The van der Waals surface area contributed by atoms with Crippen molar-refractivity contribution < 1.29 is 68.8 Å². The van der Waals surface area contributed by atoms with Crippen LogP contribution in [0.15, 0.2) is 48.5 Å². The molecule has 3 aromatic carbocycles. The van der Waals surface area contributed by atoms with Crippen LogP contribution in [-0.2, 0) is 25.7 Å². The maximum Gasteiger partial charge on any atom is 0.242 e. The van der Waals surface area contributed by atoms with Crippen LogP contribution in [-0.4, -0.2) is 142 Å². The maximum atomic E-state index is 14.8. The molecule has 64 heavy (non-hydrogen) atoms. The monoisotopic (exact) mass is 883 g/mol. The minimum atomic E-state index is -2.42. The van der Waals surface area contributed by atoms with Gasteiger partial charge in [0.1, 0.15) is 49.7 Å². The summed E-state index contributed by atoms with van der Waals surface area (Å²) < 4.78 is 25.6. The van der Waals surface area contributed by atoms with Crippen molar-refractivity contribution in [3.63, 3.8) is 0 Å². The SMILES string of the molecule is NC1NC(=O)C2NCN(c3ccccc3C3c4cc5c(c(OCC(O)CC=O)c4OC4OC6COCC3CCC(O)CC#CC6(O)C(O)C4O)C(=O)c3cc(CO)ccc3C5=O)C2N1. The van der Waals surface area contributed by atoms with Crippen molar-refractivity contribution in [3.8, 4) is 23.3 Å². The van der Waals surface area contributed by atoms with E-state index < -0.39 is 97.5 Å². The van der Waals surface area contributed by atoms with E-state index in [0.29, 0.717) is 23.1 Å². The number of anilines is 1. The molecular weight excluding hydrogens is 835 g/mol. The molecule has 338 valence electrons. The third-order valence-corrected chi connectivity index (χ3v) is 12.9. The molecule has 6 aliphatic rings. The predicted molar refractivity (Wildman–Crippen MR) is 222 cm³/mol. The molecule has 9 rings (SSSR count). The number of amides is 1. The second-order valence-corrected chi connectivity index (χ2v) is 17.0. The molecule has 0 aromatic heterocycles. The topological polar surface area (TPSA) is 292 Å². The number of benzene rings is 3. The number of aliphatic hydroxyl groups excluding tert-OH is 5. The first-order chi connectivity index (χ1) is 30.8. The number of ketones is 2. The van der Waals surface area contributed by atoms with Crippen molar-refractivity contribution in [2.45, 2.75) is 99.1 Å². The van der Waals surface area contributed by atoms with Crippen LogP contribution in [0.25, 0.3) is 0 Å². The molecule has 5 aliphatic heterocycles. The van der Waals surface area contributed by atoms with Gasteiger partial charge in [-0.1, -0.05) is 36.1 Å². The van der Waals surface area contributed by atoms with Crippen molar-refractivity contribution in [1.82, 2.24) is 16.0 Å². The molecule has 12 unspecified atom stereocenters. The molecule has 3 aromatic rings. The lowest BCUT2D eigenvalue weighted by molar-refractivity contribution is -0.299. The minimum Gasteiger partial charge on any atom is -0.486 e. The summed E-state index contributed by atoms with van der Waals surface area (Å²) in [6.45, 7) is -1.28. The Balaban J connectivity index is 1.33. The molecule has 3 bridgehead atoms. The first-order valence-corrected chi connectivity index (χ1v) is 21.2. The van der Waals surface area contributed by atoms with Crippen LogP contribution in [0.3, 0.4) is 0 Å². The molecule has 12 atom stereocenters. The van der Waals surface area contributed by atoms with Crippen molar-refractivity contribution in [1.29, 1.82) is 0 Å². The summed E-state index contributed by atoms with van der Waals surface area (Å²) in [7, 11) is 0. The molecule has 5 heterocycles. The summed E-state index contributed by atoms with van der Waals surface area (Å²) in [5, 5.41) is 76.7. The fourth-order valence-electron chi connectivity index (χ4n) is 9.64. The number of nitrogens with zero attached hydrogens (tertiary/aromatic N) is 1. The van der Waals surface area contributed by atoms with E-state index in [1.165, 1.54) is 24.3 Å². The van der Waals surface area contributed by atoms with Gasteiger partial charge in [-0.2, -0.15) is 0 Å². The zero-order chi connectivity index (χ0) is 45.0. The zero-order valence-corrected chi connectivity index (χ0v) is 34.4. The zero-order valence-electron chi connectivity index (χ0n) is 34.4. The van der Waals surface area contributed by atoms with Crippen LogP contribution in [0.5, 0.6) is 11.5 Å². The third-order valence-electron chi connectivity index (χ3n) is 12.9. The normalized spacial score (nSPS) is 32.5. The highest BCUT2D eigenvalue weighted by Gasteiger charge is 2.56. The van der Waals surface area contributed by atoms with Crippen LogP contribution < -0.4 is 36.1 Å². The van der Waals surface area contributed by atoms with Gasteiger partial charge in [-0.05, 0) is 54.2 Å². The van der Waals surface area contributed by atoms with E-state index >= 15 is 0 Å². The van der Waals surface area contributed by atoms with Crippen LogP contribution in [0.1, 0.15) is 80.1 Å². The number of fused-ring (bicyclic) bond motifs is 8. The molecule has 3 fully saturated rings.